The van der Waals surface area contributed by atoms with Crippen molar-refractivity contribution < 1.29 is 13.2 Å². The van der Waals surface area contributed by atoms with Crippen molar-refractivity contribution in [1.82, 2.24) is 9.97 Å². The predicted molar refractivity (Wildman–Crippen MR) is 68.5 cm³/mol. The molecule has 0 atom stereocenters. The summed E-state index contributed by atoms with van der Waals surface area (Å²) in [4.78, 5) is 18.5. The number of hydrogen-bond acceptors (Lipinski definition) is 6. The van der Waals surface area contributed by atoms with Crippen LogP contribution in [0.15, 0.2) is 11.4 Å². The van der Waals surface area contributed by atoms with E-state index in [-0.39, 0.29) is 22.6 Å². The third kappa shape index (κ3) is 3.49. The van der Waals surface area contributed by atoms with Gasteiger partial charge in [-0.3, -0.25) is 4.79 Å². The SMILES string of the molecule is CCC(CC)Nc1nc(S(C)(=O)=O)ncc1C=O. The van der Waals surface area contributed by atoms with Crippen molar-refractivity contribution in [1.29, 1.82) is 0 Å². The van der Waals surface area contributed by atoms with Gasteiger partial charge in [0.25, 0.3) is 0 Å². The minimum Gasteiger partial charge on any atom is -0.367 e. The molecule has 0 aromatic carbocycles. The number of nitrogens with zero attached hydrogens (tertiary/aromatic N) is 2. The zero-order valence-corrected chi connectivity index (χ0v) is 11.5. The minimum atomic E-state index is -3.48. The number of aldehydes is 1. The fourth-order valence-electron chi connectivity index (χ4n) is 1.44. The minimum absolute atomic E-state index is 0.144. The van der Waals surface area contributed by atoms with Gasteiger partial charge >= 0.3 is 0 Å². The number of hydrogen-bond donors (Lipinski definition) is 1. The van der Waals surface area contributed by atoms with Gasteiger partial charge in [0.05, 0.1) is 5.56 Å². The Morgan fingerprint density at radius 2 is 2.00 bits per heavy atom. The highest BCUT2D eigenvalue weighted by Crippen LogP contribution is 2.15. The molecule has 1 N–H and O–H groups in total. The highest BCUT2D eigenvalue weighted by molar-refractivity contribution is 7.90. The highest BCUT2D eigenvalue weighted by atomic mass is 32.2. The first-order valence-corrected chi connectivity index (χ1v) is 7.60. The van der Waals surface area contributed by atoms with Crippen LogP contribution < -0.4 is 5.32 Å². The number of rotatable bonds is 6. The summed E-state index contributed by atoms with van der Waals surface area (Å²) in [5.74, 6) is 0.272. The summed E-state index contributed by atoms with van der Waals surface area (Å²) >= 11 is 0. The van der Waals surface area contributed by atoms with Crippen molar-refractivity contribution in [3.63, 3.8) is 0 Å². The van der Waals surface area contributed by atoms with Gasteiger partial charge in [0.15, 0.2) is 6.29 Å². The number of aromatic nitrogens is 2. The Hall–Kier alpha value is -1.50. The summed E-state index contributed by atoms with van der Waals surface area (Å²) in [6.07, 6.45) is 4.57. The van der Waals surface area contributed by atoms with Crippen molar-refractivity contribution in [2.24, 2.45) is 0 Å². The molecular formula is C11H17N3O3S. The molecule has 0 aliphatic carbocycles. The number of carbonyl (C=O) groups is 1. The molecule has 100 valence electrons. The van der Waals surface area contributed by atoms with Gasteiger partial charge in [-0.15, -0.1) is 0 Å². The molecular weight excluding hydrogens is 254 g/mol. The zero-order chi connectivity index (χ0) is 13.8. The number of nitrogens with one attached hydrogen (secondary N) is 1. The van der Waals surface area contributed by atoms with Crippen LogP contribution in [0.3, 0.4) is 0 Å². The number of anilines is 1. The molecule has 0 saturated heterocycles. The van der Waals surface area contributed by atoms with Gasteiger partial charge in [-0.25, -0.2) is 18.4 Å². The fraction of sp³-hybridized carbons (Fsp3) is 0.545. The van der Waals surface area contributed by atoms with E-state index >= 15 is 0 Å². The molecule has 7 heteroatoms. The molecule has 0 aliphatic rings. The summed E-state index contributed by atoms with van der Waals surface area (Å²) in [5, 5.41) is 2.79. The van der Waals surface area contributed by atoms with Gasteiger partial charge in [0, 0.05) is 18.5 Å². The summed E-state index contributed by atoms with van der Waals surface area (Å²) in [5.41, 5.74) is 0.259. The van der Waals surface area contributed by atoms with E-state index in [1.807, 2.05) is 13.8 Å². The van der Waals surface area contributed by atoms with Gasteiger partial charge in [0.1, 0.15) is 5.82 Å². The molecule has 0 unspecified atom stereocenters. The molecule has 1 rings (SSSR count). The predicted octanol–water partition coefficient (Wildman–Crippen LogP) is 1.29. The van der Waals surface area contributed by atoms with Crippen LogP contribution in [-0.4, -0.2) is 37.0 Å². The Labute approximate surface area is 107 Å². The van der Waals surface area contributed by atoms with E-state index in [0.29, 0.717) is 6.29 Å². The molecule has 0 spiro atoms. The third-order valence-corrected chi connectivity index (χ3v) is 3.44. The van der Waals surface area contributed by atoms with E-state index in [9.17, 15) is 13.2 Å². The molecule has 0 saturated carbocycles. The van der Waals surface area contributed by atoms with Crippen molar-refractivity contribution >= 4 is 21.9 Å². The lowest BCUT2D eigenvalue weighted by molar-refractivity contribution is 0.112. The van der Waals surface area contributed by atoms with Crippen LogP contribution in [0.1, 0.15) is 37.0 Å². The summed E-state index contributed by atoms with van der Waals surface area (Å²) in [6.45, 7) is 4.00. The normalized spacial score (nSPS) is 11.6. The van der Waals surface area contributed by atoms with Crippen LogP contribution in [-0.2, 0) is 9.84 Å². The van der Waals surface area contributed by atoms with Crippen LogP contribution in [0.25, 0.3) is 0 Å². The second-order valence-corrected chi connectivity index (χ2v) is 5.91. The summed E-state index contributed by atoms with van der Waals surface area (Å²) in [6, 6.07) is 0.144. The Bertz CT molecular complexity index is 524. The van der Waals surface area contributed by atoms with E-state index in [1.165, 1.54) is 6.20 Å². The topological polar surface area (TPSA) is 89.0 Å². The number of sulfone groups is 1. The molecule has 0 radical (unpaired) electrons. The summed E-state index contributed by atoms with van der Waals surface area (Å²) < 4.78 is 22.7. The molecule has 0 amide bonds. The molecule has 6 nitrogen and oxygen atoms in total. The number of carbonyl (C=O) groups excluding carboxylic acids is 1. The maximum Gasteiger partial charge on any atom is 0.248 e. The van der Waals surface area contributed by atoms with E-state index < -0.39 is 9.84 Å². The van der Waals surface area contributed by atoms with Crippen LogP contribution in [0, 0.1) is 0 Å². The monoisotopic (exact) mass is 271 g/mol. The Balaban J connectivity index is 3.18. The van der Waals surface area contributed by atoms with Crippen molar-refractivity contribution in [3.05, 3.63) is 11.8 Å². The van der Waals surface area contributed by atoms with Crippen molar-refractivity contribution in [3.8, 4) is 0 Å². The maximum absolute atomic E-state index is 11.4. The molecule has 0 aliphatic heterocycles. The molecule has 1 heterocycles. The van der Waals surface area contributed by atoms with Crippen LogP contribution in [0.5, 0.6) is 0 Å². The van der Waals surface area contributed by atoms with E-state index in [0.717, 1.165) is 19.1 Å². The average Bonchev–Trinajstić information content (AvgIpc) is 2.34. The molecule has 0 bridgehead atoms. The molecule has 1 aromatic heterocycles. The van der Waals surface area contributed by atoms with Gasteiger partial charge in [-0.05, 0) is 12.8 Å². The quantitative estimate of drug-likeness (QED) is 0.619. The van der Waals surface area contributed by atoms with Crippen LogP contribution in [0.4, 0.5) is 5.82 Å². The lowest BCUT2D eigenvalue weighted by Gasteiger charge is -2.16. The van der Waals surface area contributed by atoms with Gasteiger partial charge in [-0.2, -0.15) is 0 Å². The highest BCUT2D eigenvalue weighted by Gasteiger charge is 2.16. The second-order valence-electron chi connectivity index (χ2n) is 4.00. The molecule has 0 fully saturated rings. The summed E-state index contributed by atoms with van der Waals surface area (Å²) in [7, 11) is -3.48. The standard InChI is InChI=1S/C11H17N3O3S/c1-4-9(5-2)13-10-8(7-15)6-12-11(14-10)18(3,16)17/h6-7,9H,4-5H2,1-3H3,(H,12,13,14). The Kier molecular flexibility index (Phi) is 4.77. The first-order valence-electron chi connectivity index (χ1n) is 5.71. The zero-order valence-electron chi connectivity index (χ0n) is 10.7. The lowest BCUT2D eigenvalue weighted by Crippen LogP contribution is -2.20. The van der Waals surface area contributed by atoms with Crippen molar-refractivity contribution in [2.75, 3.05) is 11.6 Å². The second kappa shape index (κ2) is 5.90. The first kappa shape index (κ1) is 14.6. The van der Waals surface area contributed by atoms with E-state index in [1.54, 1.807) is 0 Å². The Morgan fingerprint density at radius 1 is 1.39 bits per heavy atom. The third-order valence-electron chi connectivity index (χ3n) is 2.58. The van der Waals surface area contributed by atoms with Gasteiger partial charge < -0.3 is 5.32 Å². The van der Waals surface area contributed by atoms with Gasteiger partial charge in [0.2, 0.25) is 15.0 Å². The molecule has 1 aromatic rings. The van der Waals surface area contributed by atoms with E-state index in [2.05, 4.69) is 15.3 Å². The fourth-order valence-corrected chi connectivity index (χ4v) is 1.94. The lowest BCUT2D eigenvalue weighted by atomic mass is 10.1. The maximum atomic E-state index is 11.4. The van der Waals surface area contributed by atoms with Crippen molar-refractivity contribution in [2.45, 2.75) is 37.9 Å². The molecule has 18 heavy (non-hydrogen) atoms. The largest absolute Gasteiger partial charge is 0.367 e. The van der Waals surface area contributed by atoms with Gasteiger partial charge in [-0.1, -0.05) is 13.8 Å². The smallest absolute Gasteiger partial charge is 0.248 e. The Morgan fingerprint density at radius 3 is 2.44 bits per heavy atom. The van der Waals surface area contributed by atoms with Crippen LogP contribution in [0.2, 0.25) is 0 Å². The van der Waals surface area contributed by atoms with Crippen LogP contribution >= 0.6 is 0 Å². The average molecular weight is 271 g/mol. The van der Waals surface area contributed by atoms with E-state index in [4.69, 9.17) is 0 Å². The first-order chi connectivity index (χ1) is 8.42.